The molecular formula is C19H21N5O2. The van der Waals surface area contributed by atoms with Crippen molar-refractivity contribution in [3.8, 4) is 5.75 Å². The van der Waals surface area contributed by atoms with Gasteiger partial charge in [-0.2, -0.15) is 5.10 Å². The number of nitrogens with zero attached hydrogens (tertiary/aromatic N) is 4. The first-order valence-corrected chi connectivity index (χ1v) is 8.80. The molecule has 7 nitrogen and oxygen atoms in total. The molecule has 1 N–H and O–H groups in total. The van der Waals surface area contributed by atoms with Crippen LogP contribution in [0.3, 0.4) is 0 Å². The zero-order valence-corrected chi connectivity index (χ0v) is 14.7. The summed E-state index contributed by atoms with van der Waals surface area (Å²) >= 11 is 0. The highest BCUT2D eigenvalue weighted by atomic mass is 16.5. The van der Waals surface area contributed by atoms with Gasteiger partial charge < -0.3 is 9.47 Å². The van der Waals surface area contributed by atoms with Crippen LogP contribution in [0.5, 0.6) is 5.75 Å². The Hall–Kier alpha value is -2.80. The molecule has 0 aliphatic carbocycles. The van der Waals surface area contributed by atoms with Crippen LogP contribution in [0.25, 0.3) is 0 Å². The number of hydrogen-bond acceptors (Lipinski definition) is 6. The lowest BCUT2D eigenvalue weighted by Crippen LogP contribution is -2.25. The molecule has 0 spiro atoms. The minimum absolute atomic E-state index is 0.210. The smallest absolute Gasteiger partial charge is 0.156 e. The molecule has 1 saturated heterocycles. The van der Waals surface area contributed by atoms with E-state index in [1.807, 2.05) is 31.2 Å². The molecule has 2 aliphatic rings. The second-order valence-corrected chi connectivity index (χ2v) is 6.36. The third-order valence-electron chi connectivity index (χ3n) is 4.38. The molecule has 0 amide bonds. The largest absolute Gasteiger partial charge is 0.489 e. The van der Waals surface area contributed by atoms with Crippen molar-refractivity contribution < 1.29 is 9.47 Å². The molecule has 4 rings (SSSR count). The van der Waals surface area contributed by atoms with Gasteiger partial charge in [-0.3, -0.25) is 10.4 Å². The fraction of sp³-hybridized carbons (Fsp3) is 0.368. The number of aromatic nitrogens is 2. The van der Waals surface area contributed by atoms with Crippen LogP contribution in [-0.2, 0) is 4.74 Å². The van der Waals surface area contributed by atoms with Crippen LogP contribution in [0.15, 0.2) is 46.8 Å². The van der Waals surface area contributed by atoms with E-state index in [2.05, 4.69) is 25.5 Å². The van der Waals surface area contributed by atoms with Gasteiger partial charge in [-0.25, -0.2) is 9.98 Å². The minimum Gasteiger partial charge on any atom is -0.489 e. The molecule has 134 valence electrons. The lowest BCUT2D eigenvalue weighted by molar-refractivity contribution is 0.0254. The highest BCUT2D eigenvalue weighted by Gasteiger charge is 2.18. The molecule has 26 heavy (non-hydrogen) atoms. The van der Waals surface area contributed by atoms with Gasteiger partial charge in [-0.1, -0.05) is 6.07 Å². The fourth-order valence-electron chi connectivity index (χ4n) is 2.91. The van der Waals surface area contributed by atoms with Crippen molar-refractivity contribution in [1.29, 1.82) is 0 Å². The first kappa shape index (κ1) is 16.7. The molecule has 0 aromatic carbocycles. The third kappa shape index (κ3) is 3.88. The standard InChI is InChI=1S/C19H21N5O2/c1-13-3-2-8-20-19(13)22-18-11-17(23-24-18)16-5-4-15(12-21-16)26-14-6-9-25-10-7-14/h2-5,8,12,14H,6-7,9-11H2,1H3,(H,20,22,24). The highest BCUT2D eigenvalue weighted by molar-refractivity contribution is 6.14. The van der Waals surface area contributed by atoms with Crippen molar-refractivity contribution in [2.45, 2.75) is 32.3 Å². The average Bonchev–Trinajstić information content (AvgIpc) is 3.14. The maximum Gasteiger partial charge on any atom is 0.156 e. The van der Waals surface area contributed by atoms with E-state index in [4.69, 9.17) is 9.47 Å². The molecule has 7 heteroatoms. The quantitative estimate of drug-likeness (QED) is 0.916. The fourth-order valence-corrected chi connectivity index (χ4v) is 2.91. The van der Waals surface area contributed by atoms with Crippen LogP contribution in [0.1, 0.15) is 30.5 Å². The molecule has 0 atom stereocenters. The monoisotopic (exact) mass is 351 g/mol. The summed E-state index contributed by atoms with van der Waals surface area (Å²) in [4.78, 5) is 13.3. The lowest BCUT2D eigenvalue weighted by Gasteiger charge is -2.23. The van der Waals surface area contributed by atoms with E-state index in [-0.39, 0.29) is 6.10 Å². The Morgan fingerprint density at radius 3 is 2.85 bits per heavy atom. The number of ether oxygens (including phenoxy) is 2. The normalized spacial score (nSPS) is 19.3. The molecule has 1 fully saturated rings. The summed E-state index contributed by atoms with van der Waals surface area (Å²) in [6, 6.07) is 7.77. The van der Waals surface area contributed by atoms with Gasteiger partial charge in [0.15, 0.2) is 5.82 Å². The molecule has 0 radical (unpaired) electrons. The molecule has 2 aliphatic heterocycles. The Balaban J connectivity index is 1.40. The van der Waals surface area contributed by atoms with Crippen molar-refractivity contribution >= 4 is 17.4 Å². The molecule has 4 heterocycles. The van der Waals surface area contributed by atoms with Crippen molar-refractivity contribution in [3.63, 3.8) is 0 Å². The maximum absolute atomic E-state index is 5.96. The summed E-state index contributed by atoms with van der Waals surface area (Å²) in [5, 5.41) is 4.35. The molecule has 2 aromatic heterocycles. The maximum atomic E-state index is 5.96. The zero-order valence-electron chi connectivity index (χ0n) is 14.7. The van der Waals surface area contributed by atoms with Gasteiger partial charge in [0.25, 0.3) is 0 Å². The molecule has 2 aromatic rings. The van der Waals surface area contributed by atoms with Crippen molar-refractivity contribution in [2.24, 2.45) is 10.1 Å². The van der Waals surface area contributed by atoms with Gasteiger partial charge in [-0.05, 0) is 30.7 Å². The molecule has 0 bridgehead atoms. The van der Waals surface area contributed by atoms with Gasteiger partial charge >= 0.3 is 0 Å². The topological polar surface area (TPSA) is 81.0 Å². The number of hydrazone groups is 1. The first-order chi connectivity index (χ1) is 12.8. The second-order valence-electron chi connectivity index (χ2n) is 6.36. The van der Waals surface area contributed by atoms with Crippen LogP contribution in [0.4, 0.5) is 5.82 Å². The van der Waals surface area contributed by atoms with E-state index >= 15 is 0 Å². The van der Waals surface area contributed by atoms with E-state index in [0.29, 0.717) is 12.2 Å². The van der Waals surface area contributed by atoms with E-state index in [0.717, 1.165) is 54.6 Å². The Morgan fingerprint density at radius 1 is 1.19 bits per heavy atom. The summed E-state index contributed by atoms with van der Waals surface area (Å²) in [7, 11) is 0. The Morgan fingerprint density at radius 2 is 2.08 bits per heavy atom. The number of nitrogens with one attached hydrogen (secondary N) is 1. The van der Waals surface area contributed by atoms with E-state index < -0.39 is 0 Å². The molecular weight excluding hydrogens is 330 g/mol. The summed E-state index contributed by atoms with van der Waals surface area (Å²) in [6.07, 6.45) is 6.15. The van der Waals surface area contributed by atoms with Gasteiger partial charge in [0, 0.05) is 19.0 Å². The number of aryl methyl sites for hydroxylation is 1. The molecule has 0 saturated carbocycles. The van der Waals surface area contributed by atoms with Crippen LogP contribution in [0.2, 0.25) is 0 Å². The van der Waals surface area contributed by atoms with Crippen LogP contribution >= 0.6 is 0 Å². The molecule has 0 unspecified atom stereocenters. The Labute approximate surface area is 152 Å². The van der Waals surface area contributed by atoms with Crippen molar-refractivity contribution in [2.75, 3.05) is 13.2 Å². The van der Waals surface area contributed by atoms with Crippen molar-refractivity contribution in [1.82, 2.24) is 15.4 Å². The van der Waals surface area contributed by atoms with Gasteiger partial charge in [-0.15, -0.1) is 0 Å². The Bertz CT molecular complexity index is 826. The summed E-state index contributed by atoms with van der Waals surface area (Å²) in [6.45, 7) is 3.51. The third-order valence-corrected chi connectivity index (χ3v) is 4.38. The van der Waals surface area contributed by atoms with Gasteiger partial charge in [0.1, 0.15) is 17.7 Å². The average molecular weight is 351 g/mol. The number of pyridine rings is 2. The predicted octanol–water partition coefficient (Wildman–Crippen LogP) is 2.77. The van der Waals surface area contributed by atoms with Crippen LogP contribution < -0.4 is 10.2 Å². The first-order valence-electron chi connectivity index (χ1n) is 8.80. The van der Waals surface area contributed by atoms with E-state index in [1.54, 1.807) is 12.4 Å². The number of hydrogen-bond donors (Lipinski definition) is 1. The number of rotatable bonds is 4. The summed E-state index contributed by atoms with van der Waals surface area (Å²) in [5.41, 5.74) is 5.68. The highest BCUT2D eigenvalue weighted by Crippen LogP contribution is 2.19. The van der Waals surface area contributed by atoms with Crippen molar-refractivity contribution in [3.05, 3.63) is 47.9 Å². The SMILES string of the molecule is Cc1cccnc1N=C1CC(c2ccc(OC3CCOCC3)cn2)=NN1. The lowest BCUT2D eigenvalue weighted by atomic mass is 10.1. The zero-order chi connectivity index (χ0) is 17.8. The second kappa shape index (κ2) is 7.61. The predicted molar refractivity (Wildman–Crippen MR) is 99.1 cm³/mol. The number of amidine groups is 1. The van der Waals surface area contributed by atoms with Crippen LogP contribution in [0, 0.1) is 6.92 Å². The summed E-state index contributed by atoms with van der Waals surface area (Å²) in [5.74, 6) is 2.26. The minimum atomic E-state index is 0.210. The Kier molecular flexibility index (Phi) is 4.88. The van der Waals surface area contributed by atoms with Gasteiger partial charge in [0.05, 0.1) is 37.2 Å². The number of aliphatic imine (C=N–C) groups is 1. The summed E-state index contributed by atoms with van der Waals surface area (Å²) < 4.78 is 11.3. The van der Waals surface area contributed by atoms with E-state index in [1.165, 1.54) is 0 Å². The van der Waals surface area contributed by atoms with E-state index in [9.17, 15) is 0 Å². The van der Waals surface area contributed by atoms with Gasteiger partial charge in [0.2, 0.25) is 0 Å². The van der Waals surface area contributed by atoms with Crippen LogP contribution in [-0.4, -0.2) is 40.8 Å².